The molecule has 0 radical (unpaired) electrons. The van der Waals surface area contributed by atoms with Gasteiger partial charge >= 0.3 is 0 Å². The number of thioether (sulfide) groups is 1. The standard InChI is InChI=1S/C23H22FN3O4S2/c1-2-21(23(29)26-17-10-12-20(13-11-17)33(25,30)31)32-19-5-3-4-18(14-19)27-22(28)15-6-8-16(24)9-7-15/h3-14,21H,2H2,1H3,(H,26,29)(H,27,28)(H2,25,30,31). The van der Waals surface area contributed by atoms with E-state index in [9.17, 15) is 22.4 Å². The van der Waals surface area contributed by atoms with Crippen molar-refractivity contribution in [2.45, 2.75) is 28.4 Å². The molecule has 0 fully saturated rings. The summed E-state index contributed by atoms with van der Waals surface area (Å²) in [5.74, 6) is -1.04. The van der Waals surface area contributed by atoms with Gasteiger partial charge in [0, 0.05) is 21.8 Å². The fraction of sp³-hybridized carbons (Fsp3) is 0.130. The second-order valence-electron chi connectivity index (χ2n) is 7.06. The third-order valence-corrected chi connectivity index (χ3v) is 6.88. The zero-order valence-corrected chi connectivity index (χ0v) is 19.3. The monoisotopic (exact) mass is 487 g/mol. The Bertz CT molecular complexity index is 1250. The first-order chi connectivity index (χ1) is 15.7. The fourth-order valence-electron chi connectivity index (χ4n) is 2.89. The summed E-state index contributed by atoms with van der Waals surface area (Å²) in [4.78, 5) is 25.8. The molecule has 4 N–H and O–H groups in total. The SMILES string of the molecule is CCC(Sc1cccc(NC(=O)c2ccc(F)cc2)c1)C(=O)Nc1ccc(S(N)(=O)=O)cc1. The first-order valence-electron chi connectivity index (χ1n) is 9.93. The molecule has 7 nitrogen and oxygen atoms in total. The average molecular weight is 488 g/mol. The number of amides is 2. The van der Waals surface area contributed by atoms with Crippen LogP contribution in [0.15, 0.2) is 82.6 Å². The van der Waals surface area contributed by atoms with Crippen LogP contribution in [0, 0.1) is 5.82 Å². The van der Waals surface area contributed by atoms with Crippen molar-refractivity contribution in [2.75, 3.05) is 10.6 Å². The van der Waals surface area contributed by atoms with Crippen LogP contribution >= 0.6 is 11.8 Å². The first-order valence-corrected chi connectivity index (χ1v) is 12.4. The van der Waals surface area contributed by atoms with E-state index >= 15 is 0 Å². The van der Waals surface area contributed by atoms with E-state index in [1.807, 2.05) is 13.0 Å². The van der Waals surface area contributed by atoms with Gasteiger partial charge in [0.1, 0.15) is 5.82 Å². The van der Waals surface area contributed by atoms with E-state index < -0.39 is 21.1 Å². The van der Waals surface area contributed by atoms with Crippen molar-refractivity contribution in [3.8, 4) is 0 Å². The van der Waals surface area contributed by atoms with E-state index in [4.69, 9.17) is 5.14 Å². The predicted molar refractivity (Wildman–Crippen MR) is 127 cm³/mol. The summed E-state index contributed by atoms with van der Waals surface area (Å²) in [5.41, 5.74) is 1.32. The molecule has 0 bridgehead atoms. The molecule has 2 amide bonds. The molecule has 3 rings (SSSR count). The summed E-state index contributed by atoms with van der Waals surface area (Å²) in [6, 6.07) is 17.9. The molecule has 1 unspecified atom stereocenters. The quantitative estimate of drug-likeness (QED) is 0.411. The van der Waals surface area contributed by atoms with Gasteiger partial charge in [-0.25, -0.2) is 17.9 Å². The van der Waals surface area contributed by atoms with E-state index in [0.717, 1.165) is 4.90 Å². The molecule has 0 heterocycles. The summed E-state index contributed by atoms with van der Waals surface area (Å²) in [6.45, 7) is 1.88. The van der Waals surface area contributed by atoms with Crippen molar-refractivity contribution < 1.29 is 22.4 Å². The van der Waals surface area contributed by atoms with E-state index in [-0.39, 0.29) is 16.7 Å². The summed E-state index contributed by atoms with van der Waals surface area (Å²) >= 11 is 1.33. The smallest absolute Gasteiger partial charge is 0.255 e. The Balaban J connectivity index is 1.65. The van der Waals surface area contributed by atoms with Gasteiger partial charge in [0.15, 0.2) is 0 Å². The number of carbonyl (C=O) groups excluding carboxylic acids is 2. The lowest BCUT2D eigenvalue weighted by Gasteiger charge is -2.15. The lowest BCUT2D eigenvalue weighted by molar-refractivity contribution is -0.115. The number of nitrogens with two attached hydrogens (primary N) is 1. The fourth-order valence-corrected chi connectivity index (χ4v) is 4.42. The minimum absolute atomic E-state index is 0.0404. The van der Waals surface area contributed by atoms with Crippen LogP contribution in [0.25, 0.3) is 0 Å². The van der Waals surface area contributed by atoms with Crippen molar-refractivity contribution in [1.82, 2.24) is 0 Å². The maximum absolute atomic E-state index is 13.1. The lowest BCUT2D eigenvalue weighted by atomic mass is 10.2. The Morgan fingerprint density at radius 1 is 0.970 bits per heavy atom. The number of nitrogens with one attached hydrogen (secondary N) is 2. The molecule has 0 aromatic heterocycles. The highest BCUT2D eigenvalue weighted by molar-refractivity contribution is 8.00. The zero-order valence-electron chi connectivity index (χ0n) is 17.6. The molecule has 0 saturated heterocycles. The Labute approximate surface area is 195 Å². The van der Waals surface area contributed by atoms with Crippen LogP contribution in [0.3, 0.4) is 0 Å². The number of carbonyl (C=O) groups is 2. The molecule has 0 saturated carbocycles. The molecular formula is C23H22FN3O4S2. The van der Waals surface area contributed by atoms with Crippen LogP contribution in [0.2, 0.25) is 0 Å². The van der Waals surface area contributed by atoms with Crippen LogP contribution in [0.1, 0.15) is 23.7 Å². The zero-order chi connectivity index (χ0) is 24.0. The second kappa shape index (κ2) is 10.6. The molecule has 3 aromatic rings. The van der Waals surface area contributed by atoms with Gasteiger partial charge in [-0.05, 0) is 73.2 Å². The lowest BCUT2D eigenvalue weighted by Crippen LogP contribution is -2.24. The van der Waals surface area contributed by atoms with Gasteiger partial charge in [0.2, 0.25) is 15.9 Å². The average Bonchev–Trinajstić information content (AvgIpc) is 2.78. The maximum Gasteiger partial charge on any atom is 0.255 e. The molecule has 33 heavy (non-hydrogen) atoms. The largest absolute Gasteiger partial charge is 0.325 e. The van der Waals surface area contributed by atoms with Gasteiger partial charge in [-0.3, -0.25) is 9.59 Å². The normalized spacial score (nSPS) is 12.1. The van der Waals surface area contributed by atoms with Crippen LogP contribution in [0.5, 0.6) is 0 Å². The van der Waals surface area contributed by atoms with E-state index in [0.29, 0.717) is 23.4 Å². The van der Waals surface area contributed by atoms with Gasteiger partial charge in [-0.2, -0.15) is 0 Å². The van der Waals surface area contributed by atoms with Gasteiger partial charge in [-0.15, -0.1) is 11.8 Å². The molecule has 0 aliphatic heterocycles. The topological polar surface area (TPSA) is 118 Å². The summed E-state index contributed by atoms with van der Waals surface area (Å²) in [6.07, 6.45) is 0.540. The summed E-state index contributed by atoms with van der Waals surface area (Å²) < 4.78 is 35.8. The Kier molecular flexibility index (Phi) is 7.85. The number of hydrogen-bond donors (Lipinski definition) is 3. The number of primary sulfonamides is 1. The predicted octanol–water partition coefficient (Wildman–Crippen LogP) is 4.23. The minimum atomic E-state index is -3.81. The molecule has 0 spiro atoms. The van der Waals surface area contributed by atoms with Gasteiger partial charge < -0.3 is 10.6 Å². The minimum Gasteiger partial charge on any atom is -0.325 e. The van der Waals surface area contributed by atoms with Crippen molar-refractivity contribution >= 4 is 45.0 Å². The third-order valence-electron chi connectivity index (χ3n) is 4.59. The molecule has 3 aromatic carbocycles. The molecular weight excluding hydrogens is 465 g/mol. The Morgan fingerprint density at radius 2 is 1.64 bits per heavy atom. The number of rotatable bonds is 8. The van der Waals surface area contributed by atoms with Crippen molar-refractivity contribution in [3.63, 3.8) is 0 Å². The second-order valence-corrected chi connectivity index (χ2v) is 9.90. The van der Waals surface area contributed by atoms with Gasteiger partial charge in [0.25, 0.3) is 5.91 Å². The van der Waals surface area contributed by atoms with Gasteiger partial charge in [0.05, 0.1) is 10.1 Å². The van der Waals surface area contributed by atoms with E-state index in [2.05, 4.69) is 10.6 Å². The highest BCUT2D eigenvalue weighted by Gasteiger charge is 2.19. The molecule has 172 valence electrons. The number of benzene rings is 3. The van der Waals surface area contributed by atoms with E-state index in [1.54, 1.807) is 18.2 Å². The highest BCUT2D eigenvalue weighted by Crippen LogP contribution is 2.29. The van der Waals surface area contributed by atoms with Crippen molar-refractivity contribution in [3.05, 3.63) is 84.2 Å². The Hall–Kier alpha value is -3.21. The molecule has 0 aliphatic carbocycles. The molecule has 10 heteroatoms. The number of sulfonamides is 1. The first kappa shape index (κ1) is 24.4. The van der Waals surface area contributed by atoms with Crippen LogP contribution in [0.4, 0.5) is 15.8 Å². The van der Waals surface area contributed by atoms with Crippen molar-refractivity contribution in [1.29, 1.82) is 0 Å². The number of hydrogen-bond acceptors (Lipinski definition) is 5. The van der Waals surface area contributed by atoms with Gasteiger partial charge in [-0.1, -0.05) is 13.0 Å². The molecule has 0 aliphatic rings. The number of anilines is 2. The van der Waals surface area contributed by atoms with Crippen LogP contribution in [-0.4, -0.2) is 25.5 Å². The summed E-state index contributed by atoms with van der Waals surface area (Å²) in [7, 11) is -3.81. The van der Waals surface area contributed by atoms with E-state index in [1.165, 1.54) is 60.3 Å². The Morgan fingerprint density at radius 3 is 2.24 bits per heavy atom. The van der Waals surface area contributed by atoms with Crippen LogP contribution in [-0.2, 0) is 14.8 Å². The van der Waals surface area contributed by atoms with Crippen molar-refractivity contribution in [2.24, 2.45) is 5.14 Å². The molecule has 1 atom stereocenters. The number of halogens is 1. The van der Waals surface area contributed by atoms with Crippen LogP contribution < -0.4 is 15.8 Å². The maximum atomic E-state index is 13.1. The third kappa shape index (κ3) is 6.88. The highest BCUT2D eigenvalue weighted by atomic mass is 32.2. The summed E-state index contributed by atoms with van der Waals surface area (Å²) in [5, 5.41) is 10.2.